The number of hydrogen-bond donors (Lipinski definition) is 0. The molecule has 1 heterocycles. The largest absolute Gasteiger partial charge is 0.319 e. The van der Waals surface area contributed by atoms with Crippen LogP contribution in [0.25, 0.3) is 10.2 Å². The molecule has 0 spiro atoms. The smallest absolute Gasteiger partial charge is 0.285 e. The second kappa shape index (κ2) is 5.90. The van der Waals surface area contributed by atoms with E-state index in [1.54, 1.807) is 11.6 Å². The monoisotopic (exact) mass is 350 g/mol. The number of fused-ring (bicyclic) bond motifs is 1. The summed E-state index contributed by atoms with van der Waals surface area (Å²) in [6, 6.07) is 10.6. The lowest BCUT2D eigenvalue weighted by Gasteiger charge is -2.02. The molecule has 0 aliphatic rings. The highest BCUT2D eigenvalue weighted by Gasteiger charge is 2.14. The molecule has 0 unspecified atom stereocenters. The van der Waals surface area contributed by atoms with E-state index in [2.05, 4.69) is 11.3 Å². The van der Waals surface area contributed by atoms with E-state index in [4.69, 9.17) is 0 Å². The number of benzene rings is 2. The molecule has 23 heavy (non-hydrogen) atoms. The molecule has 0 atom stereocenters. The van der Waals surface area contributed by atoms with E-state index in [-0.39, 0.29) is 4.90 Å². The maximum Gasteiger partial charge on any atom is 0.285 e. The predicted octanol–water partition coefficient (Wildman–Crippen LogP) is 3.23. The summed E-state index contributed by atoms with van der Waals surface area (Å²) in [6.07, 6.45) is 0.853. The SMILES string of the molecule is CCc1cccc2s/c(=N\S(=O)(=O)c3ccc(F)cc3)n(C)c12. The average Bonchev–Trinajstić information content (AvgIpc) is 2.83. The molecule has 0 aliphatic heterocycles. The lowest BCUT2D eigenvalue weighted by Crippen LogP contribution is -2.14. The molecular weight excluding hydrogens is 335 g/mol. The molecule has 0 aliphatic carbocycles. The van der Waals surface area contributed by atoms with Gasteiger partial charge in [-0.15, -0.1) is 4.40 Å². The van der Waals surface area contributed by atoms with Crippen molar-refractivity contribution in [2.24, 2.45) is 11.4 Å². The van der Waals surface area contributed by atoms with Gasteiger partial charge < -0.3 is 4.57 Å². The first-order chi connectivity index (χ1) is 10.9. The van der Waals surface area contributed by atoms with Crippen LogP contribution < -0.4 is 4.80 Å². The Morgan fingerprint density at radius 1 is 1.17 bits per heavy atom. The Kier molecular flexibility index (Phi) is 4.08. The first-order valence-electron chi connectivity index (χ1n) is 7.06. The van der Waals surface area contributed by atoms with Crippen molar-refractivity contribution in [3.05, 3.63) is 58.6 Å². The third-order valence-electron chi connectivity index (χ3n) is 3.60. The molecule has 0 fully saturated rings. The van der Waals surface area contributed by atoms with Gasteiger partial charge in [-0.2, -0.15) is 8.42 Å². The van der Waals surface area contributed by atoms with Gasteiger partial charge in [-0.3, -0.25) is 0 Å². The van der Waals surface area contributed by atoms with E-state index in [0.717, 1.165) is 34.3 Å². The van der Waals surface area contributed by atoms with Crippen LogP contribution in [-0.4, -0.2) is 13.0 Å². The first-order valence-corrected chi connectivity index (χ1v) is 9.32. The molecule has 1 aromatic heterocycles. The fraction of sp³-hybridized carbons (Fsp3) is 0.188. The zero-order valence-corrected chi connectivity index (χ0v) is 14.3. The Balaban J connectivity index is 2.21. The molecule has 0 radical (unpaired) electrons. The highest BCUT2D eigenvalue weighted by atomic mass is 32.2. The summed E-state index contributed by atoms with van der Waals surface area (Å²) in [5, 5.41) is 0. The van der Waals surface area contributed by atoms with E-state index in [1.165, 1.54) is 23.5 Å². The summed E-state index contributed by atoms with van der Waals surface area (Å²) in [6.45, 7) is 2.05. The van der Waals surface area contributed by atoms with Crippen molar-refractivity contribution in [3.8, 4) is 0 Å². The van der Waals surface area contributed by atoms with Gasteiger partial charge in [0.15, 0.2) is 0 Å². The van der Waals surface area contributed by atoms with Crippen molar-refractivity contribution < 1.29 is 12.8 Å². The first kappa shape index (κ1) is 15.9. The molecule has 0 bridgehead atoms. The molecule has 0 saturated carbocycles. The second-order valence-corrected chi connectivity index (χ2v) is 7.69. The number of thiazole rings is 1. The van der Waals surface area contributed by atoms with Crippen molar-refractivity contribution >= 4 is 31.6 Å². The second-order valence-electron chi connectivity index (χ2n) is 5.08. The van der Waals surface area contributed by atoms with Crippen LogP contribution in [0, 0.1) is 5.82 Å². The van der Waals surface area contributed by atoms with Crippen molar-refractivity contribution in [2.45, 2.75) is 18.2 Å². The molecule has 120 valence electrons. The summed E-state index contributed by atoms with van der Waals surface area (Å²) in [5.41, 5.74) is 2.13. The van der Waals surface area contributed by atoms with Crippen molar-refractivity contribution in [1.82, 2.24) is 4.57 Å². The van der Waals surface area contributed by atoms with Gasteiger partial charge in [-0.1, -0.05) is 30.4 Å². The highest BCUT2D eigenvalue weighted by Crippen LogP contribution is 2.21. The van der Waals surface area contributed by atoms with Gasteiger partial charge in [0.2, 0.25) is 4.80 Å². The summed E-state index contributed by atoms with van der Waals surface area (Å²) in [7, 11) is -2.07. The lowest BCUT2D eigenvalue weighted by atomic mass is 10.1. The van der Waals surface area contributed by atoms with Crippen LogP contribution in [0.2, 0.25) is 0 Å². The minimum atomic E-state index is -3.87. The quantitative estimate of drug-likeness (QED) is 0.728. The molecule has 4 nitrogen and oxygen atoms in total. The number of hydrogen-bond acceptors (Lipinski definition) is 3. The molecule has 0 N–H and O–H groups in total. The maximum absolute atomic E-state index is 13.0. The topological polar surface area (TPSA) is 51.4 Å². The number of aryl methyl sites for hydroxylation is 2. The number of rotatable bonds is 3. The van der Waals surface area contributed by atoms with E-state index < -0.39 is 15.8 Å². The molecule has 7 heteroatoms. The Labute approximate surface area is 137 Å². The van der Waals surface area contributed by atoms with Crippen molar-refractivity contribution in [1.29, 1.82) is 0 Å². The van der Waals surface area contributed by atoms with Crippen LogP contribution >= 0.6 is 11.3 Å². The lowest BCUT2D eigenvalue weighted by molar-refractivity contribution is 0.595. The maximum atomic E-state index is 13.0. The summed E-state index contributed by atoms with van der Waals surface area (Å²) in [4.78, 5) is 0.372. The van der Waals surface area contributed by atoms with Crippen LogP contribution in [-0.2, 0) is 23.5 Å². The Morgan fingerprint density at radius 3 is 2.52 bits per heavy atom. The Bertz CT molecular complexity index is 1030. The molecule has 3 rings (SSSR count). The van der Waals surface area contributed by atoms with Gasteiger partial charge in [0.05, 0.1) is 15.1 Å². The zero-order chi connectivity index (χ0) is 16.6. The number of nitrogens with zero attached hydrogens (tertiary/aromatic N) is 2. The number of aromatic nitrogens is 1. The molecular formula is C16H15FN2O2S2. The van der Waals surface area contributed by atoms with Gasteiger partial charge in [-0.25, -0.2) is 4.39 Å². The van der Waals surface area contributed by atoms with E-state index >= 15 is 0 Å². The van der Waals surface area contributed by atoms with E-state index in [9.17, 15) is 12.8 Å². The van der Waals surface area contributed by atoms with E-state index in [0.29, 0.717) is 4.80 Å². The van der Waals surface area contributed by atoms with E-state index in [1.807, 2.05) is 18.2 Å². The van der Waals surface area contributed by atoms with Crippen LogP contribution in [0.5, 0.6) is 0 Å². The Morgan fingerprint density at radius 2 is 1.87 bits per heavy atom. The van der Waals surface area contributed by atoms with Crippen molar-refractivity contribution in [2.75, 3.05) is 0 Å². The normalized spacial score (nSPS) is 12.9. The summed E-state index contributed by atoms with van der Waals surface area (Å²) >= 11 is 1.32. The third kappa shape index (κ3) is 2.94. The average molecular weight is 350 g/mol. The molecule has 0 saturated heterocycles. The van der Waals surface area contributed by atoms with Crippen molar-refractivity contribution in [3.63, 3.8) is 0 Å². The third-order valence-corrected chi connectivity index (χ3v) is 6.09. The number of sulfonamides is 1. The molecule has 3 aromatic rings. The molecule has 2 aromatic carbocycles. The van der Waals surface area contributed by atoms with Gasteiger partial charge in [0, 0.05) is 7.05 Å². The number of para-hydroxylation sites is 1. The summed E-state index contributed by atoms with van der Waals surface area (Å²) in [5.74, 6) is -0.482. The van der Waals surface area contributed by atoms with Crippen LogP contribution in [0.4, 0.5) is 4.39 Å². The molecule has 0 amide bonds. The van der Waals surface area contributed by atoms with Crippen LogP contribution in [0.15, 0.2) is 51.8 Å². The van der Waals surface area contributed by atoms with Gasteiger partial charge in [0.25, 0.3) is 10.0 Å². The predicted molar refractivity (Wildman–Crippen MR) is 89.3 cm³/mol. The number of halogens is 1. The summed E-state index contributed by atoms with van der Waals surface area (Å²) < 4.78 is 44.5. The van der Waals surface area contributed by atoms with Gasteiger partial charge in [-0.05, 0) is 42.3 Å². The zero-order valence-electron chi connectivity index (χ0n) is 12.7. The van der Waals surface area contributed by atoms with Crippen LogP contribution in [0.1, 0.15) is 12.5 Å². The fourth-order valence-electron chi connectivity index (χ4n) is 2.42. The van der Waals surface area contributed by atoms with Gasteiger partial charge >= 0.3 is 0 Å². The standard InChI is InChI=1S/C16H15FN2O2S2/c1-3-11-5-4-6-14-15(11)19(2)16(22-14)18-23(20,21)13-9-7-12(17)8-10-13/h4-10H,3H2,1-2H3/b18-16-. The highest BCUT2D eigenvalue weighted by molar-refractivity contribution is 7.90. The Hall–Kier alpha value is -1.99. The minimum Gasteiger partial charge on any atom is -0.319 e. The fourth-order valence-corrected chi connectivity index (χ4v) is 4.71. The minimum absolute atomic E-state index is 0.0212. The van der Waals surface area contributed by atoms with Gasteiger partial charge in [0.1, 0.15) is 5.82 Å². The van der Waals surface area contributed by atoms with Crippen LogP contribution in [0.3, 0.4) is 0 Å².